The fraction of sp³-hybridized carbons (Fsp3) is 0.341. The van der Waals surface area contributed by atoms with Crippen molar-refractivity contribution in [2.75, 3.05) is 33.1 Å². The minimum Gasteiger partial charge on any atom is -0.497 e. The van der Waals surface area contributed by atoms with Crippen LogP contribution in [-0.2, 0) is 34.0 Å². The SMILES string of the molecule is COc1ccc(C(OC[C@H]2O[C@@H](n3cc[nH]c3=O)C[C@@H]2O[P@]2O[C@H](CS(=O)(=O)c3ccccc3)[C@@H]3CCCN32)(c2ccccc2)c2ccc(OC)cc2)cc1. The Morgan fingerprint density at radius 3 is 2.05 bits per heavy atom. The minimum absolute atomic E-state index is 0.0751. The summed E-state index contributed by atoms with van der Waals surface area (Å²) >= 11 is 0. The number of benzene rings is 4. The van der Waals surface area contributed by atoms with Crippen LogP contribution >= 0.6 is 8.53 Å². The monoisotopic (exact) mass is 785 g/mol. The number of sulfone groups is 1. The van der Waals surface area contributed by atoms with Gasteiger partial charge in [0.15, 0.2) is 9.84 Å². The Balaban J connectivity index is 1.12. The molecule has 14 heteroatoms. The van der Waals surface area contributed by atoms with Crippen molar-refractivity contribution >= 4 is 18.4 Å². The first kappa shape index (κ1) is 37.6. The molecule has 3 aliphatic rings. The van der Waals surface area contributed by atoms with Crippen LogP contribution in [0.4, 0.5) is 0 Å². The van der Waals surface area contributed by atoms with Gasteiger partial charge >= 0.3 is 5.69 Å². The van der Waals surface area contributed by atoms with Crippen molar-refractivity contribution in [3.05, 3.63) is 149 Å². The molecule has 3 fully saturated rings. The van der Waals surface area contributed by atoms with Crippen LogP contribution in [0.3, 0.4) is 0 Å². The lowest BCUT2D eigenvalue weighted by Gasteiger charge is -2.37. The van der Waals surface area contributed by atoms with Gasteiger partial charge < -0.3 is 33.0 Å². The Morgan fingerprint density at radius 2 is 1.45 bits per heavy atom. The topological polar surface area (TPSA) is 131 Å². The van der Waals surface area contributed by atoms with E-state index in [2.05, 4.69) is 9.65 Å². The largest absolute Gasteiger partial charge is 0.497 e. The van der Waals surface area contributed by atoms with Gasteiger partial charge in [0, 0.05) is 31.4 Å². The number of ether oxygens (including phenoxy) is 4. The lowest BCUT2D eigenvalue weighted by atomic mass is 9.80. The summed E-state index contributed by atoms with van der Waals surface area (Å²) in [6, 6.07) is 34.0. The number of nitrogens with zero attached hydrogens (tertiary/aromatic N) is 2. The van der Waals surface area contributed by atoms with Crippen LogP contribution in [0.2, 0.25) is 0 Å². The van der Waals surface area contributed by atoms with E-state index in [0.29, 0.717) is 17.9 Å². The third-order valence-corrected chi connectivity index (χ3v) is 14.2. The zero-order valence-electron chi connectivity index (χ0n) is 30.6. The van der Waals surface area contributed by atoms with E-state index < -0.39 is 48.5 Å². The molecule has 1 N–H and O–H groups in total. The molecule has 3 aliphatic heterocycles. The van der Waals surface area contributed by atoms with Crippen molar-refractivity contribution in [2.24, 2.45) is 0 Å². The normalized spacial score (nSPS) is 24.2. The highest BCUT2D eigenvalue weighted by Gasteiger charge is 2.51. The molecule has 1 aromatic heterocycles. The predicted octanol–water partition coefficient (Wildman–Crippen LogP) is 6.44. The minimum atomic E-state index is -3.60. The quantitative estimate of drug-likeness (QED) is 0.0992. The second-order valence-corrected chi connectivity index (χ2v) is 17.3. The molecular weight excluding hydrogens is 742 g/mol. The summed E-state index contributed by atoms with van der Waals surface area (Å²) in [6.07, 6.45) is 2.95. The summed E-state index contributed by atoms with van der Waals surface area (Å²) < 4.78 is 69.0. The second-order valence-electron chi connectivity index (χ2n) is 13.8. The Bertz CT molecular complexity index is 2150. The number of aromatic nitrogens is 2. The molecule has 5 aromatic rings. The van der Waals surface area contributed by atoms with Crippen molar-refractivity contribution in [3.63, 3.8) is 0 Å². The average molecular weight is 786 g/mol. The van der Waals surface area contributed by atoms with E-state index in [4.69, 9.17) is 28.0 Å². The summed E-state index contributed by atoms with van der Waals surface area (Å²) in [5.74, 6) is 1.28. The van der Waals surface area contributed by atoms with Gasteiger partial charge in [-0.25, -0.2) is 17.9 Å². The molecule has 0 bridgehead atoms. The molecule has 0 unspecified atom stereocenters. The number of imidazole rings is 1. The number of nitrogens with one attached hydrogen (secondary N) is 1. The first-order chi connectivity index (χ1) is 26.8. The predicted molar refractivity (Wildman–Crippen MR) is 207 cm³/mol. The maximum absolute atomic E-state index is 13.5. The fourth-order valence-corrected chi connectivity index (χ4v) is 11.4. The van der Waals surface area contributed by atoms with Crippen LogP contribution in [0.25, 0.3) is 0 Å². The third-order valence-electron chi connectivity index (χ3n) is 10.7. The summed E-state index contributed by atoms with van der Waals surface area (Å²) in [4.78, 5) is 15.8. The molecule has 0 spiro atoms. The van der Waals surface area contributed by atoms with Crippen molar-refractivity contribution in [2.45, 2.75) is 60.3 Å². The molecule has 12 nitrogen and oxygen atoms in total. The Labute approximate surface area is 321 Å². The first-order valence-corrected chi connectivity index (χ1v) is 21.1. The second kappa shape index (κ2) is 16.0. The van der Waals surface area contributed by atoms with Crippen molar-refractivity contribution in [3.8, 4) is 11.5 Å². The maximum atomic E-state index is 13.5. The molecule has 0 radical (unpaired) electrons. The lowest BCUT2D eigenvalue weighted by Crippen LogP contribution is -2.38. The Hall–Kier alpha value is -4.33. The first-order valence-electron chi connectivity index (χ1n) is 18.4. The standard InChI is InChI=1S/C41H44N3O9PS/c1-48-32-19-15-30(16-20-32)41(29-10-5-3-6-11-29,31-17-21-33(49-2)22-18-31)50-27-37-36(26-39(51-37)43-25-23-42-40(43)45)52-54-44-24-9-14-35(44)38(53-54)28-55(46,47)34-12-7-4-8-13-34/h3-8,10-13,15-23,25,35-39H,9,14,24,26-28H2,1-2H3,(H,42,45)/t35-,36-,37+,38+,39+,54+/m0/s1. The molecule has 6 atom stereocenters. The molecule has 288 valence electrons. The highest BCUT2D eigenvalue weighted by molar-refractivity contribution is 7.91. The van der Waals surface area contributed by atoms with Crippen molar-refractivity contribution in [1.29, 1.82) is 0 Å². The third kappa shape index (κ3) is 7.50. The molecule has 0 aliphatic carbocycles. The summed E-state index contributed by atoms with van der Waals surface area (Å²) in [5, 5.41) is 0. The van der Waals surface area contributed by atoms with E-state index in [1.165, 1.54) is 4.57 Å². The zero-order chi connectivity index (χ0) is 38.0. The number of aromatic amines is 1. The van der Waals surface area contributed by atoms with Gasteiger partial charge in [0.2, 0.25) is 0 Å². The molecule has 55 heavy (non-hydrogen) atoms. The maximum Gasteiger partial charge on any atom is 0.327 e. The molecule has 0 saturated carbocycles. The van der Waals surface area contributed by atoms with E-state index in [-0.39, 0.29) is 29.0 Å². The molecule has 4 heterocycles. The summed E-state index contributed by atoms with van der Waals surface area (Å²) in [5.41, 5.74) is 1.22. The van der Waals surface area contributed by atoms with Crippen LogP contribution in [-0.4, -0.2) is 80.1 Å². The smallest absolute Gasteiger partial charge is 0.327 e. The van der Waals surface area contributed by atoms with E-state index in [1.54, 1.807) is 56.9 Å². The molecular formula is C41H44N3O9PS. The zero-order valence-corrected chi connectivity index (χ0v) is 32.3. The Kier molecular flexibility index (Phi) is 11.0. The summed E-state index contributed by atoms with van der Waals surface area (Å²) in [6.45, 7) is 0.811. The molecule has 3 saturated heterocycles. The average Bonchev–Trinajstić information content (AvgIpc) is 4.03. The summed E-state index contributed by atoms with van der Waals surface area (Å²) in [7, 11) is -1.97. The van der Waals surface area contributed by atoms with Gasteiger partial charge in [-0.2, -0.15) is 0 Å². The van der Waals surface area contributed by atoms with Crippen LogP contribution in [0, 0.1) is 0 Å². The van der Waals surface area contributed by atoms with Gasteiger partial charge in [-0.05, 0) is 65.9 Å². The number of hydrogen-bond acceptors (Lipinski definition) is 10. The van der Waals surface area contributed by atoms with E-state index >= 15 is 0 Å². The molecule has 0 amide bonds. The van der Waals surface area contributed by atoms with Crippen molar-refractivity contribution in [1.82, 2.24) is 14.2 Å². The fourth-order valence-electron chi connectivity index (χ4n) is 7.86. The van der Waals surface area contributed by atoms with Gasteiger partial charge in [0.25, 0.3) is 8.53 Å². The number of methoxy groups -OCH3 is 2. The van der Waals surface area contributed by atoms with Crippen LogP contribution in [0.5, 0.6) is 11.5 Å². The van der Waals surface area contributed by atoms with E-state index in [9.17, 15) is 13.2 Å². The number of hydrogen-bond donors (Lipinski definition) is 1. The van der Waals surface area contributed by atoms with Gasteiger partial charge in [-0.3, -0.25) is 4.57 Å². The van der Waals surface area contributed by atoms with Crippen LogP contribution in [0.15, 0.2) is 131 Å². The number of rotatable bonds is 14. The van der Waals surface area contributed by atoms with Crippen LogP contribution < -0.4 is 15.2 Å². The Morgan fingerprint density at radius 1 is 0.836 bits per heavy atom. The van der Waals surface area contributed by atoms with Gasteiger partial charge in [-0.1, -0.05) is 72.8 Å². The van der Waals surface area contributed by atoms with Gasteiger partial charge in [0.05, 0.1) is 43.7 Å². The molecule has 8 rings (SSSR count). The highest BCUT2D eigenvalue weighted by atomic mass is 32.2. The van der Waals surface area contributed by atoms with Gasteiger partial charge in [-0.15, -0.1) is 0 Å². The molecule has 4 aromatic carbocycles. The van der Waals surface area contributed by atoms with E-state index in [0.717, 1.165) is 36.1 Å². The van der Waals surface area contributed by atoms with Gasteiger partial charge in [0.1, 0.15) is 29.4 Å². The van der Waals surface area contributed by atoms with Crippen molar-refractivity contribution < 1.29 is 36.4 Å². The van der Waals surface area contributed by atoms with Crippen LogP contribution in [0.1, 0.15) is 42.2 Å². The van der Waals surface area contributed by atoms with E-state index in [1.807, 2.05) is 78.9 Å². The highest BCUT2D eigenvalue weighted by Crippen LogP contribution is 2.58. The number of fused-ring (bicyclic) bond motifs is 1. The number of H-pyrrole nitrogens is 1. The lowest BCUT2D eigenvalue weighted by molar-refractivity contribution is -0.0917.